The number of carboxylic acids is 1. The lowest BCUT2D eigenvalue weighted by Crippen LogP contribution is -2.47. The highest BCUT2D eigenvalue weighted by Crippen LogP contribution is 2.38. The highest BCUT2D eigenvalue weighted by molar-refractivity contribution is 5.99. The monoisotopic (exact) mass is 291 g/mol. The molecule has 2 unspecified atom stereocenters. The number of pyridine rings is 1. The van der Waals surface area contributed by atoms with Crippen LogP contribution in [0.5, 0.6) is 0 Å². The predicted molar refractivity (Wildman–Crippen MR) is 79.1 cm³/mol. The molecule has 114 valence electrons. The molecule has 0 radical (unpaired) electrons. The quantitative estimate of drug-likeness (QED) is 0.786. The normalized spacial score (nSPS) is 25.3. The second kappa shape index (κ2) is 5.71. The first-order valence-corrected chi connectivity index (χ1v) is 7.11. The van der Waals surface area contributed by atoms with E-state index in [0.29, 0.717) is 17.8 Å². The Balaban J connectivity index is 2.35. The van der Waals surface area contributed by atoms with E-state index in [4.69, 9.17) is 5.73 Å². The lowest BCUT2D eigenvalue weighted by atomic mass is 9.71. The van der Waals surface area contributed by atoms with Crippen LogP contribution in [0.25, 0.3) is 0 Å². The lowest BCUT2D eigenvalue weighted by molar-refractivity contribution is -0.150. The van der Waals surface area contributed by atoms with Crippen LogP contribution in [0.1, 0.15) is 48.5 Å². The van der Waals surface area contributed by atoms with Crippen molar-refractivity contribution < 1.29 is 14.7 Å². The first kappa shape index (κ1) is 15.3. The van der Waals surface area contributed by atoms with Crippen LogP contribution in [-0.2, 0) is 4.79 Å². The number of carbonyl (C=O) groups is 2. The van der Waals surface area contributed by atoms with Crippen molar-refractivity contribution in [3.8, 4) is 0 Å². The topological polar surface area (TPSA) is 105 Å². The molecular weight excluding hydrogens is 270 g/mol. The van der Waals surface area contributed by atoms with Crippen LogP contribution in [0.3, 0.4) is 0 Å². The van der Waals surface area contributed by atoms with Gasteiger partial charge in [0.15, 0.2) is 0 Å². The Labute approximate surface area is 123 Å². The van der Waals surface area contributed by atoms with Crippen molar-refractivity contribution in [3.63, 3.8) is 0 Å². The summed E-state index contributed by atoms with van der Waals surface area (Å²) in [4.78, 5) is 27.4. The summed E-state index contributed by atoms with van der Waals surface area (Å²) in [5, 5.41) is 12.7. The number of rotatable bonds is 4. The molecule has 6 nitrogen and oxygen atoms in total. The molecule has 1 fully saturated rings. The molecule has 6 heteroatoms. The smallest absolute Gasteiger partial charge is 0.311 e. The van der Waals surface area contributed by atoms with Gasteiger partial charge in [0, 0.05) is 12.2 Å². The van der Waals surface area contributed by atoms with Gasteiger partial charge in [0.2, 0.25) is 0 Å². The van der Waals surface area contributed by atoms with E-state index in [2.05, 4.69) is 10.3 Å². The van der Waals surface area contributed by atoms with Crippen molar-refractivity contribution in [1.82, 2.24) is 4.98 Å². The summed E-state index contributed by atoms with van der Waals surface area (Å²) < 4.78 is 0. The molecule has 2 rings (SSSR count). The van der Waals surface area contributed by atoms with Crippen LogP contribution in [0, 0.1) is 12.3 Å². The van der Waals surface area contributed by atoms with Gasteiger partial charge in [-0.2, -0.15) is 0 Å². The third-order valence-corrected chi connectivity index (χ3v) is 4.41. The first-order valence-electron chi connectivity index (χ1n) is 7.11. The summed E-state index contributed by atoms with van der Waals surface area (Å²) in [5.41, 5.74) is 5.61. The zero-order valence-electron chi connectivity index (χ0n) is 12.3. The van der Waals surface area contributed by atoms with Gasteiger partial charge in [-0.05, 0) is 38.3 Å². The average molecular weight is 291 g/mol. The molecule has 2 atom stereocenters. The Morgan fingerprint density at radius 1 is 1.48 bits per heavy atom. The van der Waals surface area contributed by atoms with Gasteiger partial charge in [-0.1, -0.05) is 12.8 Å². The van der Waals surface area contributed by atoms with Crippen molar-refractivity contribution in [2.45, 2.75) is 45.6 Å². The minimum Gasteiger partial charge on any atom is -0.481 e. The molecule has 1 aliphatic carbocycles. The van der Waals surface area contributed by atoms with Gasteiger partial charge in [-0.25, -0.2) is 4.98 Å². The highest BCUT2D eigenvalue weighted by Gasteiger charge is 2.43. The molecular formula is C15H21N3O3. The molecule has 0 spiro atoms. The van der Waals surface area contributed by atoms with E-state index >= 15 is 0 Å². The molecule has 1 amide bonds. The molecule has 1 aromatic rings. The SMILES string of the molecule is Cc1ccnc(NC2CCCCC2(C)C(=O)O)c1C(N)=O. The fraction of sp³-hybridized carbons (Fsp3) is 0.533. The Hall–Kier alpha value is -2.11. The molecule has 1 aromatic heterocycles. The number of amides is 1. The van der Waals surface area contributed by atoms with Crippen molar-refractivity contribution >= 4 is 17.7 Å². The van der Waals surface area contributed by atoms with Gasteiger partial charge in [-0.3, -0.25) is 9.59 Å². The van der Waals surface area contributed by atoms with Gasteiger partial charge in [0.1, 0.15) is 5.82 Å². The minimum atomic E-state index is -0.863. The lowest BCUT2D eigenvalue weighted by Gasteiger charge is -2.38. The third-order valence-electron chi connectivity index (χ3n) is 4.41. The summed E-state index contributed by atoms with van der Waals surface area (Å²) in [5.74, 6) is -1.01. The van der Waals surface area contributed by atoms with Crippen LogP contribution < -0.4 is 11.1 Å². The second-order valence-electron chi connectivity index (χ2n) is 5.88. The minimum absolute atomic E-state index is 0.267. The van der Waals surface area contributed by atoms with Crippen molar-refractivity contribution in [1.29, 1.82) is 0 Å². The predicted octanol–water partition coefficient (Wildman–Crippen LogP) is 1.93. The Morgan fingerprint density at radius 3 is 2.81 bits per heavy atom. The number of hydrogen-bond acceptors (Lipinski definition) is 4. The maximum atomic E-state index is 11.6. The van der Waals surface area contributed by atoms with Gasteiger partial charge >= 0.3 is 5.97 Å². The summed E-state index contributed by atoms with van der Waals surface area (Å²) in [6.45, 7) is 3.52. The Bertz CT molecular complexity index is 573. The van der Waals surface area contributed by atoms with E-state index in [-0.39, 0.29) is 6.04 Å². The average Bonchev–Trinajstić information content (AvgIpc) is 2.41. The van der Waals surface area contributed by atoms with Gasteiger partial charge in [0.25, 0.3) is 5.91 Å². The summed E-state index contributed by atoms with van der Waals surface area (Å²) in [6, 6.07) is 1.44. The first-order chi connectivity index (χ1) is 9.86. The van der Waals surface area contributed by atoms with Crippen molar-refractivity contribution in [3.05, 3.63) is 23.4 Å². The van der Waals surface area contributed by atoms with E-state index in [1.54, 1.807) is 26.1 Å². The number of carbonyl (C=O) groups excluding carboxylic acids is 1. The van der Waals surface area contributed by atoms with Gasteiger partial charge in [0.05, 0.1) is 11.0 Å². The number of aromatic nitrogens is 1. The van der Waals surface area contributed by atoms with Crippen LogP contribution >= 0.6 is 0 Å². The third kappa shape index (κ3) is 2.84. The van der Waals surface area contributed by atoms with Gasteiger partial charge < -0.3 is 16.2 Å². The number of carboxylic acid groups (broad SMARTS) is 1. The highest BCUT2D eigenvalue weighted by atomic mass is 16.4. The summed E-state index contributed by atoms with van der Waals surface area (Å²) in [6.07, 6.45) is 4.78. The number of hydrogen-bond donors (Lipinski definition) is 3. The van der Waals surface area contributed by atoms with E-state index in [0.717, 1.165) is 24.8 Å². The van der Waals surface area contributed by atoms with Crippen LogP contribution in [-0.4, -0.2) is 28.0 Å². The van der Waals surface area contributed by atoms with Gasteiger partial charge in [-0.15, -0.1) is 0 Å². The van der Waals surface area contributed by atoms with Crippen LogP contribution in [0.4, 0.5) is 5.82 Å². The molecule has 0 bridgehead atoms. The molecule has 21 heavy (non-hydrogen) atoms. The molecule has 0 aromatic carbocycles. The summed E-state index contributed by atoms with van der Waals surface area (Å²) in [7, 11) is 0. The van der Waals surface area contributed by atoms with E-state index < -0.39 is 17.3 Å². The number of aliphatic carboxylic acids is 1. The number of nitrogens with zero attached hydrogens (tertiary/aromatic N) is 1. The second-order valence-corrected chi connectivity index (χ2v) is 5.88. The van der Waals surface area contributed by atoms with Crippen molar-refractivity contribution in [2.75, 3.05) is 5.32 Å². The van der Waals surface area contributed by atoms with Crippen molar-refractivity contribution in [2.24, 2.45) is 11.1 Å². The number of aryl methyl sites for hydroxylation is 1. The summed E-state index contributed by atoms with van der Waals surface area (Å²) >= 11 is 0. The number of anilines is 1. The van der Waals surface area contributed by atoms with E-state index in [9.17, 15) is 14.7 Å². The number of primary amides is 1. The zero-order valence-corrected chi connectivity index (χ0v) is 12.3. The zero-order chi connectivity index (χ0) is 15.6. The van der Waals surface area contributed by atoms with E-state index in [1.807, 2.05) is 0 Å². The standard InChI is InChI=1S/C15H21N3O3/c1-9-6-8-17-13(11(9)12(16)19)18-10-5-3-4-7-15(10,2)14(20)21/h6,8,10H,3-5,7H2,1-2H3,(H2,16,19)(H,17,18)(H,20,21). The molecule has 1 saturated carbocycles. The van der Waals surface area contributed by atoms with Crippen LogP contribution in [0.2, 0.25) is 0 Å². The molecule has 1 aliphatic rings. The van der Waals surface area contributed by atoms with Crippen LogP contribution in [0.15, 0.2) is 12.3 Å². The number of nitrogens with two attached hydrogens (primary N) is 1. The maximum Gasteiger partial charge on any atom is 0.311 e. The molecule has 0 saturated heterocycles. The molecule has 0 aliphatic heterocycles. The number of nitrogens with one attached hydrogen (secondary N) is 1. The molecule has 4 N–H and O–H groups in total. The Morgan fingerprint density at radius 2 is 2.19 bits per heavy atom. The molecule has 1 heterocycles. The van der Waals surface area contributed by atoms with E-state index in [1.165, 1.54) is 0 Å². The Kier molecular flexibility index (Phi) is 4.16. The largest absolute Gasteiger partial charge is 0.481 e. The fourth-order valence-electron chi connectivity index (χ4n) is 2.96. The fourth-order valence-corrected chi connectivity index (χ4v) is 2.96. The maximum absolute atomic E-state index is 11.6.